The molecule has 142 valence electrons. The number of carboxylic acid groups (broad SMARTS) is 1. The van der Waals surface area contributed by atoms with Gasteiger partial charge in [0.25, 0.3) is 11.6 Å². The summed E-state index contributed by atoms with van der Waals surface area (Å²) in [5, 5.41) is 24.5. The predicted molar refractivity (Wildman–Crippen MR) is 95.2 cm³/mol. The van der Waals surface area contributed by atoms with Crippen molar-refractivity contribution in [3.05, 3.63) is 69.8 Å². The van der Waals surface area contributed by atoms with Crippen molar-refractivity contribution < 1.29 is 24.4 Å². The fourth-order valence-corrected chi connectivity index (χ4v) is 2.44. The zero-order valence-electron chi connectivity index (χ0n) is 14.7. The molecule has 1 N–H and O–H groups in total. The first-order valence-electron chi connectivity index (χ1n) is 8.38. The number of benzene rings is 2. The highest BCUT2D eigenvalue weighted by Gasteiger charge is 2.18. The monoisotopic (exact) mass is 371 g/mol. The van der Waals surface area contributed by atoms with Crippen LogP contribution in [0.1, 0.15) is 41.7 Å². The van der Waals surface area contributed by atoms with Gasteiger partial charge >= 0.3 is 0 Å². The first kappa shape index (κ1) is 19.9. The molecule has 2 aromatic rings. The van der Waals surface area contributed by atoms with Crippen molar-refractivity contribution in [3.8, 4) is 5.75 Å². The van der Waals surface area contributed by atoms with Crippen molar-refractivity contribution in [1.29, 1.82) is 0 Å². The van der Waals surface area contributed by atoms with Gasteiger partial charge in [-0.1, -0.05) is 25.1 Å². The smallest absolute Gasteiger partial charge is 0.270 e. The molecule has 0 bridgehead atoms. The predicted octanol–water partition coefficient (Wildman–Crippen LogP) is 1.99. The summed E-state index contributed by atoms with van der Waals surface area (Å²) in [6, 6.07) is 11.1. The molecule has 0 aromatic heterocycles. The summed E-state index contributed by atoms with van der Waals surface area (Å²) in [5.41, 5.74) is 0.397. The quantitative estimate of drug-likeness (QED) is 0.531. The first-order chi connectivity index (χ1) is 12.9. The molecular weight excluding hydrogens is 352 g/mol. The molecule has 2 aromatic carbocycles. The molecule has 0 radical (unpaired) electrons. The topological polar surface area (TPSA) is 122 Å². The van der Waals surface area contributed by atoms with Crippen LogP contribution in [0, 0.1) is 10.1 Å². The number of hydrogen-bond acceptors (Lipinski definition) is 6. The van der Waals surface area contributed by atoms with Crippen LogP contribution in [0.5, 0.6) is 5.75 Å². The summed E-state index contributed by atoms with van der Waals surface area (Å²) in [5.74, 6) is -1.31. The number of ether oxygens (including phenoxy) is 1. The molecule has 0 fully saturated rings. The van der Waals surface area contributed by atoms with E-state index in [2.05, 4.69) is 5.32 Å². The number of nitrogens with one attached hydrogen (secondary N) is 1. The molecule has 27 heavy (non-hydrogen) atoms. The van der Waals surface area contributed by atoms with Gasteiger partial charge in [-0.15, -0.1) is 0 Å². The summed E-state index contributed by atoms with van der Waals surface area (Å²) in [4.78, 5) is 33.7. The molecule has 1 amide bonds. The second kappa shape index (κ2) is 9.33. The summed E-state index contributed by atoms with van der Waals surface area (Å²) in [6.07, 6.45) is 0.421. The van der Waals surface area contributed by atoms with Crippen molar-refractivity contribution in [2.24, 2.45) is 0 Å². The van der Waals surface area contributed by atoms with Gasteiger partial charge in [0.05, 0.1) is 17.6 Å². The van der Waals surface area contributed by atoms with Crippen LogP contribution < -0.4 is 15.2 Å². The van der Waals surface area contributed by atoms with Crippen LogP contribution in [0.2, 0.25) is 0 Å². The maximum Gasteiger partial charge on any atom is 0.270 e. The normalized spacial score (nSPS) is 11.4. The van der Waals surface area contributed by atoms with Crippen molar-refractivity contribution in [3.63, 3.8) is 0 Å². The van der Waals surface area contributed by atoms with E-state index in [1.54, 1.807) is 24.3 Å². The van der Waals surface area contributed by atoms with Crippen LogP contribution in [0.25, 0.3) is 0 Å². The van der Waals surface area contributed by atoms with Gasteiger partial charge in [-0.2, -0.15) is 0 Å². The Bertz CT molecular complexity index is 819. The number of amides is 1. The number of aliphatic carboxylic acids is 1. The Hall–Kier alpha value is -3.42. The summed E-state index contributed by atoms with van der Waals surface area (Å²) in [6.45, 7) is 2.54. The van der Waals surface area contributed by atoms with E-state index in [9.17, 15) is 24.8 Å². The third kappa shape index (κ3) is 5.81. The van der Waals surface area contributed by atoms with E-state index >= 15 is 0 Å². The molecule has 2 rings (SSSR count). The highest BCUT2D eigenvalue weighted by molar-refractivity contribution is 5.95. The Kier molecular flexibility index (Phi) is 6.87. The molecule has 8 nitrogen and oxygen atoms in total. The molecule has 0 aliphatic rings. The second-order valence-corrected chi connectivity index (χ2v) is 5.83. The second-order valence-electron chi connectivity index (χ2n) is 5.83. The first-order valence-corrected chi connectivity index (χ1v) is 8.38. The van der Waals surface area contributed by atoms with Gasteiger partial charge in [-0.25, -0.2) is 0 Å². The van der Waals surface area contributed by atoms with Gasteiger partial charge in [-0.3, -0.25) is 14.9 Å². The standard InChI is InChI=1S/C19H20N2O6/c1-2-10-27-16-8-6-13(7-9-16)17(12-18(22)23)20-19(24)14-4-3-5-15(11-14)21(25)26/h3-9,11,17H,2,10,12H2,1H3,(H,20,24)(H,22,23)/p-1. The number of carboxylic acids is 1. The lowest BCUT2D eigenvalue weighted by Crippen LogP contribution is -2.34. The molecule has 1 atom stereocenters. The minimum atomic E-state index is -1.33. The van der Waals surface area contributed by atoms with E-state index in [4.69, 9.17) is 4.74 Å². The number of rotatable bonds is 9. The Morgan fingerprint density at radius 3 is 2.48 bits per heavy atom. The molecule has 0 saturated carbocycles. The Balaban J connectivity index is 2.18. The lowest BCUT2D eigenvalue weighted by Gasteiger charge is -2.20. The van der Waals surface area contributed by atoms with Crippen molar-refractivity contribution in [2.45, 2.75) is 25.8 Å². The molecular formula is C19H19N2O6-. The Morgan fingerprint density at radius 1 is 1.19 bits per heavy atom. The molecule has 1 unspecified atom stereocenters. The number of carbonyl (C=O) groups is 2. The number of hydrogen-bond donors (Lipinski definition) is 1. The van der Waals surface area contributed by atoms with E-state index in [1.807, 2.05) is 6.92 Å². The molecule has 0 aliphatic heterocycles. The molecule has 0 saturated heterocycles. The zero-order chi connectivity index (χ0) is 19.8. The van der Waals surface area contributed by atoms with Gasteiger partial charge in [0.15, 0.2) is 0 Å². The lowest BCUT2D eigenvalue weighted by atomic mass is 10.0. The van der Waals surface area contributed by atoms with E-state index < -0.39 is 29.3 Å². The zero-order valence-corrected chi connectivity index (χ0v) is 14.7. The maximum atomic E-state index is 12.4. The van der Waals surface area contributed by atoms with Crippen LogP contribution >= 0.6 is 0 Å². The van der Waals surface area contributed by atoms with Gasteiger partial charge in [-0.05, 0) is 30.2 Å². The number of carbonyl (C=O) groups excluding carboxylic acids is 2. The summed E-state index contributed by atoms with van der Waals surface area (Å²) in [7, 11) is 0. The SMILES string of the molecule is CCCOc1ccc(C(CC(=O)[O-])NC(=O)c2cccc([N+](=O)[O-])c2)cc1. The van der Waals surface area contributed by atoms with Gasteiger partial charge < -0.3 is 20.0 Å². The Morgan fingerprint density at radius 2 is 1.89 bits per heavy atom. The average Bonchev–Trinajstić information content (AvgIpc) is 2.66. The van der Waals surface area contributed by atoms with Crippen LogP contribution in [0.3, 0.4) is 0 Å². The van der Waals surface area contributed by atoms with Gasteiger partial charge in [0.2, 0.25) is 0 Å². The van der Waals surface area contributed by atoms with E-state index in [0.29, 0.717) is 17.9 Å². The fourth-order valence-electron chi connectivity index (χ4n) is 2.44. The van der Waals surface area contributed by atoms with E-state index in [0.717, 1.165) is 12.5 Å². The summed E-state index contributed by atoms with van der Waals surface area (Å²) < 4.78 is 5.48. The highest BCUT2D eigenvalue weighted by atomic mass is 16.6. The van der Waals surface area contributed by atoms with Crippen LogP contribution in [0.4, 0.5) is 5.69 Å². The molecule has 0 spiro atoms. The van der Waals surface area contributed by atoms with Crippen LogP contribution in [0.15, 0.2) is 48.5 Å². The maximum absolute atomic E-state index is 12.4. The Labute approximate surface area is 155 Å². The number of non-ortho nitro benzene ring substituents is 1. The minimum absolute atomic E-state index is 0.0652. The average molecular weight is 371 g/mol. The van der Waals surface area contributed by atoms with E-state index in [-0.39, 0.29) is 11.3 Å². The van der Waals surface area contributed by atoms with Gasteiger partial charge in [0.1, 0.15) is 5.75 Å². The lowest BCUT2D eigenvalue weighted by molar-refractivity contribution is -0.384. The fraction of sp³-hybridized carbons (Fsp3) is 0.263. The number of nitro groups is 1. The summed E-state index contributed by atoms with van der Waals surface area (Å²) >= 11 is 0. The number of nitro benzene ring substituents is 1. The molecule has 8 heteroatoms. The van der Waals surface area contributed by atoms with Crippen LogP contribution in [-0.4, -0.2) is 23.4 Å². The number of nitrogens with zero attached hydrogens (tertiary/aromatic N) is 1. The highest BCUT2D eigenvalue weighted by Crippen LogP contribution is 2.22. The van der Waals surface area contributed by atoms with Crippen molar-refractivity contribution in [2.75, 3.05) is 6.61 Å². The largest absolute Gasteiger partial charge is 0.550 e. The third-order valence-electron chi connectivity index (χ3n) is 3.75. The minimum Gasteiger partial charge on any atom is -0.550 e. The van der Waals surface area contributed by atoms with Crippen molar-refractivity contribution in [1.82, 2.24) is 5.32 Å². The van der Waals surface area contributed by atoms with E-state index in [1.165, 1.54) is 18.2 Å². The molecule has 0 heterocycles. The van der Waals surface area contributed by atoms with Gasteiger partial charge in [0, 0.05) is 30.1 Å². The van der Waals surface area contributed by atoms with Crippen LogP contribution in [-0.2, 0) is 4.79 Å². The van der Waals surface area contributed by atoms with Crippen molar-refractivity contribution >= 4 is 17.6 Å². The molecule has 0 aliphatic carbocycles. The third-order valence-corrected chi connectivity index (χ3v) is 3.75.